The third-order valence-corrected chi connectivity index (χ3v) is 6.03. The van der Waals surface area contributed by atoms with Crippen molar-refractivity contribution in [2.45, 2.75) is 38.5 Å². The lowest BCUT2D eigenvalue weighted by Gasteiger charge is -2.39. The molecule has 1 aromatic carbocycles. The number of hydrogen-bond donors (Lipinski definition) is 1. The van der Waals surface area contributed by atoms with E-state index in [4.69, 9.17) is 0 Å². The van der Waals surface area contributed by atoms with Gasteiger partial charge in [-0.15, -0.1) is 0 Å². The molecule has 1 heterocycles. The van der Waals surface area contributed by atoms with Crippen molar-refractivity contribution in [3.63, 3.8) is 0 Å². The zero-order valence-electron chi connectivity index (χ0n) is 14.6. The molecule has 1 N–H and O–H groups in total. The van der Waals surface area contributed by atoms with E-state index in [1.807, 2.05) is 55.2 Å². The highest BCUT2D eigenvalue weighted by molar-refractivity contribution is 7.88. The van der Waals surface area contributed by atoms with Gasteiger partial charge in [0.2, 0.25) is 15.9 Å². The number of rotatable bonds is 5. The molecule has 1 amide bonds. The molecular weight excluding hydrogens is 336 g/mol. The molecule has 0 radical (unpaired) electrons. The summed E-state index contributed by atoms with van der Waals surface area (Å²) in [4.78, 5) is 13.8. The lowest BCUT2D eigenvalue weighted by molar-refractivity contribution is -0.136. The average molecular weight is 360 g/mol. The predicted molar refractivity (Wildman–Crippen MR) is 98.1 cm³/mol. The maximum atomic E-state index is 12.4. The van der Waals surface area contributed by atoms with Crippen LogP contribution in [0.15, 0.2) is 48.2 Å². The molecule has 6 heteroatoms. The molecule has 3 rings (SSSR count). The molecule has 1 aromatic rings. The minimum atomic E-state index is -3.46. The first kappa shape index (κ1) is 17.7. The Hall–Kier alpha value is -2.08. The number of carbonyl (C=O) groups is 1. The van der Waals surface area contributed by atoms with Crippen LogP contribution in [0.5, 0.6) is 0 Å². The van der Waals surface area contributed by atoms with Crippen LogP contribution in [0.3, 0.4) is 0 Å². The van der Waals surface area contributed by atoms with E-state index in [1.165, 1.54) is 0 Å². The molecule has 0 spiro atoms. The highest BCUT2D eigenvalue weighted by Crippen LogP contribution is 2.30. The zero-order chi connectivity index (χ0) is 18.0. The summed E-state index contributed by atoms with van der Waals surface area (Å²) in [6.07, 6.45) is 6.94. The Balaban J connectivity index is 1.70. The van der Waals surface area contributed by atoms with Gasteiger partial charge in [-0.05, 0) is 31.9 Å². The molecule has 1 saturated heterocycles. The van der Waals surface area contributed by atoms with Gasteiger partial charge in [0.1, 0.15) is 0 Å². The van der Waals surface area contributed by atoms with Crippen LogP contribution in [0.1, 0.15) is 30.9 Å². The highest BCUT2D eigenvalue weighted by Gasteiger charge is 2.34. The molecule has 2 atom stereocenters. The van der Waals surface area contributed by atoms with Crippen LogP contribution in [0, 0.1) is 12.8 Å². The van der Waals surface area contributed by atoms with Crippen LogP contribution in [-0.4, -0.2) is 31.8 Å². The van der Waals surface area contributed by atoms with Crippen LogP contribution in [0.25, 0.3) is 0 Å². The van der Waals surface area contributed by atoms with E-state index >= 15 is 0 Å². The summed E-state index contributed by atoms with van der Waals surface area (Å²) < 4.78 is 27.5. The SMILES string of the molecule is CCN1C(=O)CCC2C=C(NS(=O)(=O)Cc3ccc(C)cc3)C=CC21. The molecule has 1 aliphatic carbocycles. The summed E-state index contributed by atoms with van der Waals surface area (Å²) in [5.41, 5.74) is 2.46. The summed E-state index contributed by atoms with van der Waals surface area (Å²) in [5.74, 6) is 0.288. The Kier molecular flexibility index (Phi) is 4.99. The Morgan fingerprint density at radius 3 is 2.64 bits per heavy atom. The summed E-state index contributed by atoms with van der Waals surface area (Å²) in [7, 11) is -3.46. The molecule has 25 heavy (non-hydrogen) atoms. The normalized spacial score (nSPS) is 23.2. The van der Waals surface area contributed by atoms with Crippen molar-refractivity contribution in [1.82, 2.24) is 9.62 Å². The number of amides is 1. The van der Waals surface area contributed by atoms with Crippen molar-refractivity contribution in [2.24, 2.45) is 5.92 Å². The summed E-state index contributed by atoms with van der Waals surface area (Å²) in [5, 5.41) is 0. The number of benzene rings is 1. The fourth-order valence-corrected chi connectivity index (χ4v) is 4.69. The van der Waals surface area contributed by atoms with Crippen molar-refractivity contribution in [1.29, 1.82) is 0 Å². The number of fused-ring (bicyclic) bond motifs is 1. The van der Waals surface area contributed by atoms with Gasteiger partial charge in [0.15, 0.2) is 0 Å². The number of likely N-dealkylation sites (tertiary alicyclic amines) is 1. The predicted octanol–water partition coefficient (Wildman–Crippen LogP) is 2.50. The number of piperidine rings is 1. The fraction of sp³-hybridized carbons (Fsp3) is 0.421. The Morgan fingerprint density at radius 2 is 1.96 bits per heavy atom. The number of carbonyl (C=O) groups excluding carboxylic acids is 1. The number of nitrogens with zero attached hydrogens (tertiary/aromatic N) is 1. The number of sulfonamides is 1. The van der Waals surface area contributed by atoms with E-state index in [-0.39, 0.29) is 23.6 Å². The third-order valence-electron chi connectivity index (χ3n) is 4.77. The van der Waals surface area contributed by atoms with Crippen LogP contribution >= 0.6 is 0 Å². The summed E-state index contributed by atoms with van der Waals surface area (Å²) >= 11 is 0. The molecule has 5 nitrogen and oxygen atoms in total. The standard InChI is InChI=1S/C19H24N2O3S/c1-3-21-18-10-9-17(12-16(18)8-11-19(21)22)20-25(23,24)13-15-6-4-14(2)5-7-15/h4-7,9-10,12,16,18,20H,3,8,11,13H2,1-2H3. The highest BCUT2D eigenvalue weighted by atomic mass is 32.2. The molecule has 1 aliphatic heterocycles. The summed E-state index contributed by atoms with van der Waals surface area (Å²) in [6.45, 7) is 4.61. The van der Waals surface area contributed by atoms with Crippen LogP contribution in [0.2, 0.25) is 0 Å². The van der Waals surface area contributed by atoms with Gasteiger partial charge in [0, 0.05) is 24.6 Å². The van der Waals surface area contributed by atoms with Gasteiger partial charge in [-0.25, -0.2) is 8.42 Å². The van der Waals surface area contributed by atoms with E-state index < -0.39 is 10.0 Å². The quantitative estimate of drug-likeness (QED) is 0.877. The van der Waals surface area contributed by atoms with Gasteiger partial charge in [0.05, 0.1) is 11.8 Å². The van der Waals surface area contributed by atoms with E-state index in [2.05, 4.69) is 4.72 Å². The minimum absolute atomic E-state index is 0.0385. The minimum Gasteiger partial charge on any atom is -0.336 e. The Morgan fingerprint density at radius 1 is 1.24 bits per heavy atom. The Labute approximate surface area is 149 Å². The number of hydrogen-bond acceptors (Lipinski definition) is 3. The molecule has 0 aromatic heterocycles. The molecule has 0 bridgehead atoms. The van der Waals surface area contributed by atoms with E-state index in [1.54, 1.807) is 6.08 Å². The van der Waals surface area contributed by atoms with Gasteiger partial charge < -0.3 is 4.90 Å². The first-order chi connectivity index (χ1) is 11.9. The second kappa shape index (κ2) is 7.04. The number of aryl methyl sites for hydroxylation is 1. The van der Waals surface area contributed by atoms with E-state index in [0.717, 1.165) is 17.5 Å². The first-order valence-corrected chi connectivity index (χ1v) is 10.3. The van der Waals surface area contributed by atoms with Crippen molar-refractivity contribution in [3.8, 4) is 0 Å². The van der Waals surface area contributed by atoms with Crippen LogP contribution < -0.4 is 4.72 Å². The van der Waals surface area contributed by atoms with Gasteiger partial charge in [0.25, 0.3) is 0 Å². The molecule has 134 valence electrons. The average Bonchev–Trinajstić information content (AvgIpc) is 2.56. The van der Waals surface area contributed by atoms with Crippen molar-refractivity contribution >= 4 is 15.9 Å². The third kappa shape index (κ3) is 4.12. The zero-order valence-corrected chi connectivity index (χ0v) is 15.4. The first-order valence-electron chi connectivity index (χ1n) is 8.63. The molecule has 0 saturated carbocycles. The summed E-state index contributed by atoms with van der Waals surface area (Å²) in [6, 6.07) is 7.53. The van der Waals surface area contributed by atoms with Crippen molar-refractivity contribution < 1.29 is 13.2 Å². The largest absolute Gasteiger partial charge is 0.336 e. The maximum Gasteiger partial charge on any atom is 0.236 e. The number of likely N-dealkylation sites (N-methyl/N-ethyl adjacent to an activating group) is 1. The fourth-order valence-electron chi connectivity index (χ4n) is 3.49. The second-order valence-corrected chi connectivity index (χ2v) is 8.42. The van der Waals surface area contributed by atoms with Gasteiger partial charge in [-0.1, -0.05) is 42.0 Å². The van der Waals surface area contributed by atoms with Gasteiger partial charge in [-0.2, -0.15) is 0 Å². The molecule has 2 unspecified atom stereocenters. The topological polar surface area (TPSA) is 66.5 Å². The van der Waals surface area contributed by atoms with E-state index in [0.29, 0.717) is 18.7 Å². The van der Waals surface area contributed by atoms with Gasteiger partial charge in [-0.3, -0.25) is 9.52 Å². The van der Waals surface area contributed by atoms with Gasteiger partial charge >= 0.3 is 0 Å². The smallest absolute Gasteiger partial charge is 0.236 e. The Bertz CT molecular complexity index is 810. The number of allylic oxidation sites excluding steroid dienone is 1. The maximum absolute atomic E-state index is 12.4. The number of nitrogens with one attached hydrogen (secondary N) is 1. The lowest BCUT2D eigenvalue weighted by atomic mass is 9.85. The lowest BCUT2D eigenvalue weighted by Crippen LogP contribution is -2.48. The van der Waals surface area contributed by atoms with Crippen LogP contribution in [0.4, 0.5) is 0 Å². The monoisotopic (exact) mass is 360 g/mol. The molecular formula is C19H24N2O3S. The van der Waals surface area contributed by atoms with Crippen LogP contribution in [-0.2, 0) is 20.6 Å². The van der Waals surface area contributed by atoms with Crippen molar-refractivity contribution in [2.75, 3.05) is 6.54 Å². The molecule has 1 fully saturated rings. The van der Waals surface area contributed by atoms with Crippen molar-refractivity contribution in [3.05, 3.63) is 59.3 Å². The second-order valence-electron chi connectivity index (χ2n) is 6.70. The van der Waals surface area contributed by atoms with E-state index in [9.17, 15) is 13.2 Å². The molecule has 2 aliphatic rings.